The first-order valence-corrected chi connectivity index (χ1v) is 6.09. The quantitative estimate of drug-likeness (QED) is 0.826. The van der Waals surface area contributed by atoms with Crippen molar-refractivity contribution >= 4 is 11.6 Å². The summed E-state index contributed by atoms with van der Waals surface area (Å²) in [5.74, 6) is 2.19. The van der Waals surface area contributed by atoms with Crippen molar-refractivity contribution in [2.75, 3.05) is 30.4 Å². The first kappa shape index (κ1) is 12.1. The Morgan fingerprint density at radius 1 is 1.47 bits per heavy atom. The van der Waals surface area contributed by atoms with Gasteiger partial charge in [0.25, 0.3) is 0 Å². The second kappa shape index (κ2) is 4.87. The number of aromatic nitrogens is 2. The van der Waals surface area contributed by atoms with Crippen LogP contribution in [0.2, 0.25) is 0 Å². The molecule has 1 aliphatic heterocycles. The molecule has 2 heterocycles. The van der Waals surface area contributed by atoms with Crippen LogP contribution in [-0.2, 0) is 0 Å². The second-order valence-corrected chi connectivity index (χ2v) is 4.75. The monoisotopic (exact) mass is 236 g/mol. The Labute approximate surface area is 102 Å². The van der Waals surface area contributed by atoms with Crippen molar-refractivity contribution < 1.29 is 5.11 Å². The summed E-state index contributed by atoms with van der Waals surface area (Å²) in [6.07, 6.45) is 2.16. The van der Waals surface area contributed by atoms with Crippen molar-refractivity contribution in [3.63, 3.8) is 0 Å². The van der Waals surface area contributed by atoms with E-state index in [0.29, 0.717) is 12.5 Å². The summed E-state index contributed by atoms with van der Waals surface area (Å²) in [5, 5.41) is 12.7. The van der Waals surface area contributed by atoms with Gasteiger partial charge in [-0.2, -0.15) is 0 Å². The molecule has 17 heavy (non-hydrogen) atoms. The van der Waals surface area contributed by atoms with Gasteiger partial charge in [0.05, 0.1) is 6.10 Å². The lowest BCUT2D eigenvalue weighted by Crippen LogP contribution is -2.24. The molecule has 94 valence electrons. The molecular weight excluding hydrogens is 216 g/mol. The van der Waals surface area contributed by atoms with E-state index in [0.717, 1.165) is 30.2 Å². The zero-order chi connectivity index (χ0) is 12.4. The predicted molar refractivity (Wildman–Crippen MR) is 68.5 cm³/mol. The Kier molecular flexibility index (Phi) is 3.47. The maximum atomic E-state index is 9.62. The zero-order valence-electron chi connectivity index (χ0n) is 10.6. The standard InChI is InChI=1S/C12H20N4O/c1-8(2)10-11(13-3)14-7-15-12(10)16-5-4-9(17)6-16/h7-9,17H,4-6H2,1-3H3,(H,13,14,15). The maximum absolute atomic E-state index is 9.62. The highest BCUT2D eigenvalue weighted by Crippen LogP contribution is 2.32. The molecule has 0 spiro atoms. The van der Waals surface area contributed by atoms with Gasteiger partial charge in [0.15, 0.2) is 0 Å². The van der Waals surface area contributed by atoms with Crippen molar-refractivity contribution in [1.82, 2.24) is 9.97 Å². The molecule has 1 unspecified atom stereocenters. The van der Waals surface area contributed by atoms with Crippen LogP contribution >= 0.6 is 0 Å². The molecule has 0 bridgehead atoms. The number of rotatable bonds is 3. The summed E-state index contributed by atoms with van der Waals surface area (Å²) >= 11 is 0. The van der Waals surface area contributed by atoms with Crippen LogP contribution < -0.4 is 10.2 Å². The summed E-state index contributed by atoms with van der Waals surface area (Å²) in [4.78, 5) is 10.8. The number of nitrogens with zero attached hydrogens (tertiary/aromatic N) is 3. The zero-order valence-corrected chi connectivity index (χ0v) is 10.6. The molecule has 0 amide bonds. The minimum absolute atomic E-state index is 0.233. The van der Waals surface area contributed by atoms with Gasteiger partial charge in [0, 0.05) is 25.7 Å². The van der Waals surface area contributed by atoms with Gasteiger partial charge in [-0.25, -0.2) is 9.97 Å². The number of hydrogen-bond acceptors (Lipinski definition) is 5. The normalized spacial score (nSPS) is 20.1. The average Bonchev–Trinajstić information content (AvgIpc) is 2.74. The van der Waals surface area contributed by atoms with Crippen LogP contribution in [-0.4, -0.2) is 41.3 Å². The number of hydrogen-bond donors (Lipinski definition) is 2. The molecule has 5 heteroatoms. The Balaban J connectivity index is 2.39. The van der Waals surface area contributed by atoms with Crippen molar-refractivity contribution in [1.29, 1.82) is 0 Å². The fraction of sp³-hybridized carbons (Fsp3) is 0.667. The molecule has 2 N–H and O–H groups in total. The molecule has 1 saturated heterocycles. The van der Waals surface area contributed by atoms with Crippen LogP contribution in [0.25, 0.3) is 0 Å². The van der Waals surface area contributed by atoms with E-state index in [1.54, 1.807) is 6.33 Å². The Hall–Kier alpha value is -1.36. The molecule has 5 nitrogen and oxygen atoms in total. The first-order chi connectivity index (χ1) is 8.13. The minimum atomic E-state index is -0.233. The van der Waals surface area contributed by atoms with Crippen LogP contribution in [0.1, 0.15) is 31.7 Å². The highest BCUT2D eigenvalue weighted by molar-refractivity contribution is 5.60. The largest absolute Gasteiger partial charge is 0.391 e. The van der Waals surface area contributed by atoms with Gasteiger partial charge in [0.1, 0.15) is 18.0 Å². The lowest BCUT2D eigenvalue weighted by molar-refractivity contribution is 0.198. The molecule has 2 rings (SSSR count). The molecular formula is C12H20N4O. The summed E-state index contributed by atoms with van der Waals surface area (Å²) in [5.41, 5.74) is 1.13. The number of β-amino-alcohol motifs (C(OH)–C–C–N with tert-alkyl or cyclic N) is 1. The smallest absolute Gasteiger partial charge is 0.137 e. The Morgan fingerprint density at radius 2 is 2.24 bits per heavy atom. The first-order valence-electron chi connectivity index (χ1n) is 6.09. The maximum Gasteiger partial charge on any atom is 0.137 e. The van der Waals surface area contributed by atoms with E-state index in [1.165, 1.54) is 0 Å². The van der Waals surface area contributed by atoms with E-state index < -0.39 is 0 Å². The molecule has 1 aromatic rings. The van der Waals surface area contributed by atoms with Gasteiger partial charge >= 0.3 is 0 Å². The SMILES string of the molecule is CNc1ncnc(N2CCC(O)C2)c1C(C)C. The summed E-state index contributed by atoms with van der Waals surface area (Å²) in [7, 11) is 1.87. The third-order valence-electron chi connectivity index (χ3n) is 3.14. The van der Waals surface area contributed by atoms with E-state index in [2.05, 4.69) is 34.0 Å². The van der Waals surface area contributed by atoms with Crippen molar-refractivity contribution in [2.24, 2.45) is 0 Å². The van der Waals surface area contributed by atoms with Crippen LogP contribution in [0.15, 0.2) is 6.33 Å². The van der Waals surface area contributed by atoms with E-state index in [1.807, 2.05) is 7.05 Å². The van der Waals surface area contributed by atoms with Crippen LogP contribution in [0.5, 0.6) is 0 Å². The molecule has 0 radical (unpaired) electrons. The van der Waals surface area contributed by atoms with E-state index in [4.69, 9.17) is 0 Å². The lowest BCUT2D eigenvalue weighted by Gasteiger charge is -2.23. The highest BCUT2D eigenvalue weighted by atomic mass is 16.3. The molecule has 1 aliphatic rings. The van der Waals surface area contributed by atoms with E-state index in [-0.39, 0.29) is 6.10 Å². The Bertz CT molecular complexity index is 394. The van der Waals surface area contributed by atoms with E-state index >= 15 is 0 Å². The van der Waals surface area contributed by atoms with E-state index in [9.17, 15) is 5.11 Å². The van der Waals surface area contributed by atoms with Gasteiger partial charge in [-0.15, -0.1) is 0 Å². The van der Waals surface area contributed by atoms with Crippen LogP contribution in [0, 0.1) is 0 Å². The molecule has 0 saturated carbocycles. The summed E-state index contributed by atoms with van der Waals surface area (Å²) < 4.78 is 0. The number of nitrogens with one attached hydrogen (secondary N) is 1. The second-order valence-electron chi connectivity index (χ2n) is 4.75. The topological polar surface area (TPSA) is 61.3 Å². The van der Waals surface area contributed by atoms with Crippen molar-refractivity contribution in [2.45, 2.75) is 32.3 Å². The molecule has 1 fully saturated rings. The molecule has 0 aliphatic carbocycles. The number of aliphatic hydroxyl groups excluding tert-OH is 1. The van der Waals surface area contributed by atoms with Gasteiger partial charge in [-0.3, -0.25) is 0 Å². The predicted octanol–water partition coefficient (Wildman–Crippen LogP) is 1.21. The van der Waals surface area contributed by atoms with Crippen molar-refractivity contribution in [3.05, 3.63) is 11.9 Å². The third-order valence-corrected chi connectivity index (χ3v) is 3.14. The lowest BCUT2D eigenvalue weighted by atomic mass is 10.0. The van der Waals surface area contributed by atoms with Crippen LogP contribution in [0.4, 0.5) is 11.6 Å². The summed E-state index contributed by atoms with van der Waals surface area (Å²) in [6.45, 7) is 5.80. The average molecular weight is 236 g/mol. The molecule has 1 aromatic heterocycles. The van der Waals surface area contributed by atoms with Gasteiger partial charge in [-0.05, 0) is 12.3 Å². The Morgan fingerprint density at radius 3 is 2.76 bits per heavy atom. The number of anilines is 2. The van der Waals surface area contributed by atoms with Gasteiger partial charge in [-0.1, -0.05) is 13.8 Å². The van der Waals surface area contributed by atoms with Crippen LogP contribution in [0.3, 0.4) is 0 Å². The van der Waals surface area contributed by atoms with Gasteiger partial charge < -0.3 is 15.3 Å². The fourth-order valence-electron chi connectivity index (χ4n) is 2.30. The van der Waals surface area contributed by atoms with Gasteiger partial charge in [0.2, 0.25) is 0 Å². The molecule has 0 aromatic carbocycles. The number of aliphatic hydroxyl groups is 1. The molecule has 1 atom stereocenters. The highest BCUT2D eigenvalue weighted by Gasteiger charge is 2.25. The fourth-order valence-corrected chi connectivity index (χ4v) is 2.30. The van der Waals surface area contributed by atoms with Crippen molar-refractivity contribution in [3.8, 4) is 0 Å². The third kappa shape index (κ3) is 2.34. The summed E-state index contributed by atoms with van der Waals surface area (Å²) in [6, 6.07) is 0. The minimum Gasteiger partial charge on any atom is -0.391 e.